The maximum Gasteiger partial charge on any atom is 0.0757 e. The van der Waals surface area contributed by atoms with E-state index in [1.807, 2.05) is 0 Å². The maximum atomic E-state index is 2.54. The van der Waals surface area contributed by atoms with Gasteiger partial charge in [0.05, 0.1) is 29.9 Å². The van der Waals surface area contributed by atoms with E-state index in [0.29, 0.717) is 0 Å². The van der Waals surface area contributed by atoms with Crippen molar-refractivity contribution in [2.75, 3.05) is 0 Å². The van der Waals surface area contributed by atoms with Gasteiger partial charge in [0.25, 0.3) is 0 Å². The molecule has 0 saturated carbocycles. The first-order valence-electron chi connectivity index (χ1n) is 8.49. The molecule has 3 aromatic carbocycles. The van der Waals surface area contributed by atoms with Crippen LogP contribution in [0, 0.1) is 0 Å². The molecule has 0 radical (unpaired) electrons. The van der Waals surface area contributed by atoms with E-state index in [4.69, 9.17) is 0 Å². The Balaban J connectivity index is 1.95. The monoisotopic (exact) mass is 338 g/mol. The lowest BCUT2D eigenvalue weighted by Gasteiger charge is -2.06. The van der Waals surface area contributed by atoms with Crippen LogP contribution in [0.3, 0.4) is 0 Å². The average molecular weight is 338 g/mol. The second-order valence-corrected chi connectivity index (χ2v) is 8.32. The highest BCUT2D eigenvalue weighted by Crippen LogP contribution is 2.47. The molecule has 3 heteroatoms. The number of para-hydroxylation sites is 2. The van der Waals surface area contributed by atoms with Gasteiger partial charge < -0.3 is 0 Å². The first kappa shape index (κ1) is 13.3. The molecule has 0 bridgehead atoms. The van der Waals surface area contributed by atoms with Crippen LogP contribution in [0.5, 0.6) is 0 Å². The van der Waals surface area contributed by atoms with E-state index < -0.39 is 7.85 Å². The van der Waals surface area contributed by atoms with Crippen LogP contribution in [0.2, 0.25) is 0 Å². The lowest BCUT2D eigenvalue weighted by atomic mass is 10.2. The average Bonchev–Trinajstić information content (AvgIpc) is 3.30. The topological polar surface area (TPSA) is 8.82 Å². The van der Waals surface area contributed by atoms with Gasteiger partial charge in [0, 0.05) is 16.1 Å². The highest BCUT2D eigenvalue weighted by atomic mass is 31.1. The Morgan fingerprint density at radius 3 is 1.52 bits per heavy atom. The van der Waals surface area contributed by atoms with E-state index >= 15 is 0 Å². The molecule has 6 rings (SSSR count). The van der Waals surface area contributed by atoms with Crippen molar-refractivity contribution >= 4 is 40.7 Å². The van der Waals surface area contributed by atoms with Gasteiger partial charge >= 0.3 is 0 Å². The maximum absolute atomic E-state index is 2.54. The predicted octanol–water partition coefficient (Wildman–Crippen LogP) is 6.47. The van der Waals surface area contributed by atoms with Crippen LogP contribution >= 0.6 is 7.85 Å². The molecule has 2 nitrogen and oxygen atoms in total. The fourth-order valence-electron chi connectivity index (χ4n) is 3.94. The Morgan fingerprint density at radius 1 is 0.480 bits per heavy atom. The van der Waals surface area contributed by atoms with Gasteiger partial charge in [-0.25, -0.2) is 0 Å². The Labute approximate surface area is 145 Å². The molecule has 0 unspecified atom stereocenters. The Hall–Kier alpha value is -2.96. The SMILES string of the molecule is c1ccc(-p2n3c4ccccc4cc3c3cc4ccccc4n32)cc1. The molecule has 0 atom stereocenters. The molecule has 0 saturated heterocycles. The van der Waals surface area contributed by atoms with Gasteiger partial charge in [0.1, 0.15) is 0 Å². The van der Waals surface area contributed by atoms with E-state index in [1.54, 1.807) is 0 Å². The first-order valence-corrected chi connectivity index (χ1v) is 9.74. The quantitative estimate of drug-likeness (QED) is 0.325. The number of aromatic nitrogens is 2. The molecule has 25 heavy (non-hydrogen) atoms. The highest BCUT2D eigenvalue weighted by Gasteiger charge is 2.18. The summed E-state index contributed by atoms with van der Waals surface area (Å²) in [6.45, 7) is 0. The van der Waals surface area contributed by atoms with Crippen LogP contribution in [-0.2, 0) is 0 Å². The zero-order valence-corrected chi connectivity index (χ0v) is 14.4. The normalized spacial score (nSPS) is 12.0. The van der Waals surface area contributed by atoms with Gasteiger partial charge in [-0.05, 0) is 36.4 Å². The van der Waals surface area contributed by atoms with Crippen molar-refractivity contribution < 1.29 is 0 Å². The van der Waals surface area contributed by atoms with E-state index in [0.717, 1.165) is 0 Å². The molecular weight excluding hydrogens is 323 g/mol. The summed E-state index contributed by atoms with van der Waals surface area (Å²) in [5, 5.41) is 4.01. The Morgan fingerprint density at radius 2 is 0.960 bits per heavy atom. The second kappa shape index (κ2) is 4.78. The summed E-state index contributed by atoms with van der Waals surface area (Å²) in [5.74, 6) is 0. The Kier molecular flexibility index (Phi) is 2.55. The number of hydrogen-bond donors (Lipinski definition) is 0. The van der Waals surface area contributed by atoms with Crippen LogP contribution < -0.4 is 0 Å². The molecule has 118 valence electrons. The summed E-state index contributed by atoms with van der Waals surface area (Å²) in [5.41, 5.74) is 5.29. The zero-order valence-electron chi connectivity index (χ0n) is 13.5. The van der Waals surface area contributed by atoms with Crippen LogP contribution in [0.25, 0.3) is 38.1 Å². The summed E-state index contributed by atoms with van der Waals surface area (Å²) in [6.07, 6.45) is 0. The van der Waals surface area contributed by atoms with E-state index in [9.17, 15) is 0 Å². The largest absolute Gasteiger partial charge is 0.281 e. The lowest BCUT2D eigenvalue weighted by molar-refractivity contribution is 1.43. The van der Waals surface area contributed by atoms with Crippen LogP contribution in [0.15, 0.2) is 91.0 Å². The van der Waals surface area contributed by atoms with Crippen molar-refractivity contribution in [2.24, 2.45) is 0 Å². The molecule has 0 amide bonds. The summed E-state index contributed by atoms with van der Waals surface area (Å²) in [7, 11) is -0.664. The number of benzene rings is 3. The smallest absolute Gasteiger partial charge is 0.0757 e. The van der Waals surface area contributed by atoms with Gasteiger partial charge in [-0.3, -0.25) is 8.33 Å². The van der Waals surface area contributed by atoms with Gasteiger partial charge in [0.15, 0.2) is 0 Å². The zero-order chi connectivity index (χ0) is 16.4. The van der Waals surface area contributed by atoms with Crippen molar-refractivity contribution in [3.8, 4) is 5.30 Å². The third-order valence-corrected chi connectivity index (χ3v) is 7.38. The van der Waals surface area contributed by atoms with E-state index in [2.05, 4.69) is 99.3 Å². The van der Waals surface area contributed by atoms with E-state index in [1.165, 1.54) is 38.1 Å². The van der Waals surface area contributed by atoms with Gasteiger partial charge in [-0.2, -0.15) is 0 Å². The molecule has 6 aromatic rings. The van der Waals surface area contributed by atoms with Gasteiger partial charge in [-0.15, -0.1) is 0 Å². The number of hydrogen-bond acceptors (Lipinski definition) is 0. The van der Waals surface area contributed by atoms with Crippen molar-refractivity contribution in [3.63, 3.8) is 0 Å². The molecule has 0 aliphatic carbocycles. The minimum Gasteiger partial charge on any atom is -0.281 e. The van der Waals surface area contributed by atoms with Crippen molar-refractivity contribution in [1.82, 2.24) is 8.33 Å². The third kappa shape index (κ3) is 1.70. The molecule has 0 fully saturated rings. The lowest BCUT2D eigenvalue weighted by Crippen LogP contribution is -1.82. The standard InChI is InChI=1S/C22H15N2P/c1-2-10-18(11-3-1)25-23-19-12-6-4-8-16(19)14-21(23)22-15-17-9-5-7-13-20(17)24(22)25/h1-15H. The second-order valence-electron chi connectivity index (χ2n) is 6.43. The number of rotatable bonds is 1. The van der Waals surface area contributed by atoms with Crippen LogP contribution in [-0.4, -0.2) is 8.33 Å². The third-order valence-electron chi connectivity index (χ3n) is 5.00. The van der Waals surface area contributed by atoms with Crippen LogP contribution in [0.4, 0.5) is 0 Å². The molecule has 0 spiro atoms. The molecule has 0 aliphatic heterocycles. The summed E-state index contributed by atoms with van der Waals surface area (Å²) < 4.78 is 5.09. The van der Waals surface area contributed by atoms with Crippen molar-refractivity contribution in [3.05, 3.63) is 91.0 Å². The minimum atomic E-state index is -0.664. The molecule has 3 heterocycles. The fraction of sp³-hybridized carbons (Fsp3) is 0. The van der Waals surface area contributed by atoms with Gasteiger partial charge in [0.2, 0.25) is 0 Å². The van der Waals surface area contributed by atoms with Crippen molar-refractivity contribution in [1.29, 1.82) is 0 Å². The summed E-state index contributed by atoms with van der Waals surface area (Å²) in [4.78, 5) is 0. The summed E-state index contributed by atoms with van der Waals surface area (Å²) in [6, 6.07) is 33.0. The number of fused-ring (bicyclic) bond motifs is 7. The predicted molar refractivity (Wildman–Crippen MR) is 107 cm³/mol. The molecule has 0 N–H and O–H groups in total. The molecule has 0 aliphatic rings. The summed E-state index contributed by atoms with van der Waals surface area (Å²) >= 11 is 0. The first-order chi connectivity index (χ1) is 12.4. The van der Waals surface area contributed by atoms with Gasteiger partial charge in [-0.1, -0.05) is 54.6 Å². The Bertz CT molecular complexity index is 1300. The highest BCUT2D eigenvalue weighted by molar-refractivity contribution is 7.51. The van der Waals surface area contributed by atoms with Crippen molar-refractivity contribution in [2.45, 2.75) is 0 Å². The number of nitrogens with zero attached hydrogens (tertiary/aromatic N) is 2. The van der Waals surface area contributed by atoms with Crippen LogP contribution in [0.1, 0.15) is 0 Å². The van der Waals surface area contributed by atoms with E-state index in [-0.39, 0.29) is 0 Å². The molecule has 3 aromatic heterocycles. The fourth-order valence-corrected chi connectivity index (χ4v) is 6.52. The molecular formula is C22H15N2P. The minimum absolute atomic E-state index is 0.664.